The summed E-state index contributed by atoms with van der Waals surface area (Å²) in [6, 6.07) is -0.425. The molecule has 8 nitrogen and oxygen atoms in total. The molecule has 1 heterocycles. The molecule has 1 aliphatic rings. The number of aliphatic hydroxyl groups excluding tert-OH is 1. The summed E-state index contributed by atoms with van der Waals surface area (Å²) in [7, 11) is 0. The van der Waals surface area contributed by atoms with Crippen molar-refractivity contribution in [3.8, 4) is 0 Å². The molecule has 166 valence electrons. The van der Waals surface area contributed by atoms with Crippen LogP contribution in [-0.4, -0.2) is 34.4 Å². The second kappa shape index (κ2) is 9.55. The molecular formula is C22H36N5O3+. The standard InChI is InChI=1S/C22H35N5O3/c1-13(2)15-8-7-14(3)18(20(15)26-17-11-27(30)10-9-24-17)19(23)21(29)25-16(12-28)22(4,5)6/h9-11,13-16,28H,7-8,12H2,1-6H3,(H3-,23,24,25,26,29,30)/p+1/t14-,15?,16-/m1/s1. The van der Waals surface area contributed by atoms with Gasteiger partial charge in [-0.3, -0.25) is 4.79 Å². The predicted octanol–water partition coefficient (Wildman–Crippen LogP) is 2.44. The van der Waals surface area contributed by atoms with Crippen LogP contribution < -0.4 is 15.5 Å². The van der Waals surface area contributed by atoms with Gasteiger partial charge in [0, 0.05) is 16.4 Å². The number of aromatic nitrogens is 2. The summed E-state index contributed by atoms with van der Waals surface area (Å²) in [5.74, 6) is 0.474. The summed E-state index contributed by atoms with van der Waals surface area (Å²) in [6.07, 6.45) is 6.07. The van der Waals surface area contributed by atoms with Crippen LogP contribution in [0, 0.1) is 28.1 Å². The molecule has 5 N–H and O–H groups in total. The van der Waals surface area contributed by atoms with Gasteiger partial charge in [-0.1, -0.05) is 41.5 Å². The molecule has 0 spiro atoms. The van der Waals surface area contributed by atoms with Gasteiger partial charge in [-0.25, -0.2) is 4.99 Å². The highest BCUT2D eigenvalue weighted by Crippen LogP contribution is 2.37. The first-order valence-electron chi connectivity index (χ1n) is 10.6. The van der Waals surface area contributed by atoms with Gasteiger partial charge >= 0.3 is 0 Å². The van der Waals surface area contributed by atoms with Gasteiger partial charge in [-0.2, -0.15) is 0 Å². The van der Waals surface area contributed by atoms with Crippen molar-refractivity contribution >= 4 is 17.4 Å². The summed E-state index contributed by atoms with van der Waals surface area (Å²) in [6.45, 7) is 12.0. The third kappa shape index (κ3) is 5.56. The number of aliphatic imine (C=N–C) groups is 1. The number of carbonyl (C=O) groups is 1. The van der Waals surface area contributed by atoms with E-state index in [-0.39, 0.29) is 29.6 Å². The van der Waals surface area contributed by atoms with Crippen molar-refractivity contribution in [1.29, 1.82) is 0 Å². The first-order valence-corrected chi connectivity index (χ1v) is 10.6. The van der Waals surface area contributed by atoms with Crippen LogP contribution >= 0.6 is 0 Å². The van der Waals surface area contributed by atoms with Crippen LogP contribution in [0.3, 0.4) is 0 Å². The zero-order valence-electron chi connectivity index (χ0n) is 18.9. The van der Waals surface area contributed by atoms with Crippen molar-refractivity contribution in [3.63, 3.8) is 0 Å². The van der Waals surface area contributed by atoms with Gasteiger partial charge in [0.15, 0.2) is 0 Å². The van der Waals surface area contributed by atoms with Crippen molar-refractivity contribution in [1.82, 2.24) is 10.3 Å². The minimum Gasteiger partial charge on any atom is -0.394 e. The molecule has 8 heteroatoms. The van der Waals surface area contributed by atoms with Gasteiger partial charge in [0.25, 0.3) is 12.1 Å². The van der Waals surface area contributed by atoms with Crippen LogP contribution in [0.25, 0.3) is 0 Å². The van der Waals surface area contributed by atoms with Crippen LogP contribution in [0.2, 0.25) is 0 Å². The van der Waals surface area contributed by atoms with E-state index in [2.05, 4.69) is 24.1 Å². The Labute approximate surface area is 178 Å². The number of nitrogens with one attached hydrogen (secondary N) is 2. The lowest BCUT2D eigenvalue weighted by atomic mass is 9.72. The Morgan fingerprint density at radius 2 is 2.07 bits per heavy atom. The SMILES string of the molecule is CC(C)C1CC[C@@H](C)C(=C(N)C(=O)N[C@H](CO)C(C)(C)C)C1=Nc1c[n+](=O)cc[nH]1. The molecule has 1 unspecified atom stereocenters. The Morgan fingerprint density at radius 1 is 1.40 bits per heavy atom. The van der Waals surface area contributed by atoms with E-state index in [1.807, 2.05) is 27.7 Å². The molecule has 1 amide bonds. The fourth-order valence-electron chi connectivity index (χ4n) is 3.84. The van der Waals surface area contributed by atoms with Crippen LogP contribution in [-0.2, 0) is 4.79 Å². The topological polar surface area (TPSA) is 126 Å². The van der Waals surface area contributed by atoms with Crippen molar-refractivity contribution in [2.24, 2.45) is 33.9 Å². The molecule has 1 aliphatic carbocycles. The lowest BCUT2D eigenvalue weighted by molar-refractivity contribution is -0.494. The lowest BCUT2D eigenvalue weighted by Crippen LogP contribution is -2.48. The van der Waals surface area contributed by atoms with Crippen LogP contribution in [0.5, 0.6) is 0 Å². The molecule has 2 rings (SSSR count). The Hall–Kier alpha value is -2.48. The van der Waals surface area contributed by atoms with E-state index in [9.17, 15) is 14.8 Å². The predicted molar refractivity (Wildman–Crippen MR) is 118 cm³/mol. The summed E-state index contributed by atoms with van der Waals surface area (Å²) < 4.78 is 0.682. The minimum absolute atomic E-state index is 0.0507. The minimum atomic E-state index is -0.425. The number of allylic oxidation sites excluding steroid dienone is 1. The summed E-state index contributed by atoms with van der Waals surface area (Å²) >= 11 is 0. The Morgan fingerprint density at radius 3 is 2.60 bits per heavy atom. The van der Waals surface area contributed by atoms with E-state index in [1.165, 1.54) is 18.6 Å². The summed E-state index contributed by atoms with van der Waals surface area (Å²) in [5, 5.41) is 12.6. The second-order valence-corrected chi connectivity index (χ2v) is 9.56. The molecule has 1 aromatic heterocycles. The van der Waals surface area contributed by atoms with Gasteiger partial charge in [0.2, 0.25) is 12.0 Å². The largest absolute Gasteiger partial charge is 0.394 e. The van der Waals surface area contributed by atoms with Crippen molar-refractivity contribution in [2.75, 3.05) is 6.61 Å². The number of aliphatic hydroxyl groups is 1. The van der Waals surface area contributed by atoms with Gasteiger partial charge < -0.3 is 21.1 Å². The van der Waals surface area contributed by atoms with Crippen molar-refractivity contribution in [3.05, 3.63) is 34.8 Å². The van der Waals surface area contributed by atoms with E-state index < -0.39 is 11.9 Å². The quantitative estimate of drug-likeness (QED) is 0.433. The maximum Gasteiger partial charge on any atom is 0.270 e. The van der Waals surface area contributed by atoms with Crippen LogP contribution in [0.1, 0.15) is 54.4 Å². The van der Waals surface area contributed by atoms with Crippen LogP contribution in [0.4, 0.5) is 5.82 Å². The first kappa shape index (κ1) is 23.8. The van der Waals surface area contributed by atoms with E-state index in [0.29, 0.717) is 16.2 Å². The summed E-state index contributed by atoms with van der Waals surface area (Å²) in [4.78, 5) is 32.4. The third-order valence-electron chi connectivity index (χ3n) is 5.85. The molecular weight excluding hydrogens is 382 g/mol. The fourth-order valence-corrected chi connectivity index (χ4v) is 3.84. The average molecular weight is 419 g/mol. The van der Waals surface area contributed by atoms with E-state index in [4.69, 9.17) is 10.7 Å². The molecule has 0 saturated heterocycles. The van der Waals surface area contributed by atoms with Gasteiger partial charge in [-0.15, -0.1) is 0 Å². The van der Waals surface area contributed by atoms with Gasteiger partial charge in [-0.05, 0) is 30.1 Å². The summed E-state index contributed by atoms with van der Waals surface area (Å²) in [5.41, 5.74) is 7.67. The van der Waals surface area contributed by atoms with Crippen molar-refractivity contribution in [2.45, 2.75) is 60.4 Å². The second-order valence-electron chi connectivity index (χ2n) is 9.56. The number of rotatable bonds is 5. The molecule has 1 saturated carbocycles. The molecule has 0 radical (unpaired) electrons. The number of hydrogen-bond acceptors (Lipinski definition) is 5. The van der Waals surface area contributed by atoms with E-state index in [1.54, 1.807) is 0 Å². The highest BCUT2D eigenvalue weighted by Gasteiger charge is 2.35. The van der Waals surface area contributed by atoms with Crippen LogP contribution in [0.15, 0.2) is 34.9 Å². The molecule has 1 fully saturated rings. The number of carbonyl (C=O) groups excluding carboxylic acids is 1. The van der Waals surface area contributed by atoms with Crippen molar-refractivity contribution < 1.29 is 14.3 Å². The normalized spacial score (nSPS) is 24.1. The highest BCUT2D eigenvalue weighted by molar-refractivity contribution is 6.10. The number of H-pyrrole nitrogens is 1. The maximum absolute atomic E-state index is 13.0. The number of aromatic amines is 1. The Bertz CT molecular complexity index is 879. The lowest BCUT2D eigenvalue weighted by Gasteiger charge is -2.35. The molecule has 0 aliphatic heterocycles. The molecule has 0 aromatic carbocycles. The number of amides is 1. The van der Waals surface area contributed by atoms with E-state index in [0.717, 1.165) is 24.1 Å². The van der Waals surface area contributed by atoms with Gasteiger partial charge in [0.05, 0.1) is 29.0 Å². The zero-order valence-corrected chi connectivity index (χ0v) is 18.9. The molecule has 0 bridgehead atoms. The van der Waals surface area contributed by atoms with E-state index >= 15 is 0 Å². The van der Waals surface area contributed by atoms with Gasteiger partial charge in [0.1, 0.15) is 5.70 Å². The third-order valence-corrected chi connectivity index (χ3v) is 5.85. The highest BCUT2D eigenvalue weighted by atomic mass is 16.3. The number of nitrogens with zero attached hydrogens (tertiary/aromatic N) is 2. The Balaban J connectivity index is 2.55. The average Bonchev–Trinajstić information content (AvgIpc) is 2.64. The zero-order chi connectivity index (χ0) is 22.6. The number of nitrogens with two attached hydrogens (primary N) is 1. The molecule has 30 heavy (non-hydrogen) atoms. The first-order chi connectivity index (χ1) is 14.0. The molecule has 1 aromatic rings. The number of hydrogen-bond donors (Lipinski definition) is 4. The smallest absolute Gasteiger partial charge is 0.270 e. The monoisotopic (exact) mass is 418 g/mol. The Kier molecular flexibility index (Phi) is 7.58. The fraction of sp³-hybridized carbons (Fsp3) is 0.636. The molecule has 3 atom stereocenters. The maximum atomic E-state index is 13.0.